The standard InChI is InChI=1S/C18H19NO/c1-12-6-4-8-14(17(12)20)13-7-5-9-15-16(13)18(2,3)10-11-19-15/h5,7-9,11H,1,4,6,10H2,2-3H3. The molecular formula is C18H19NO. The van der Waals surface area contributed by atoms with Gasteiger partial charge in [0.2, 0.25) is 0 Å². The first-order chi connectivity index (χ1) is 9.50. The minimum atomic E-state index is 0.00752. The van der Waals surface area contributed by atoms with Crippen LogP contribution in [0.25, 0.3) is 5.57 Å². The first-order valence-electron chi connectivity index (χ1n) is 7.10. The molecule has 0 saturated carbocycles. The van der Waals surface area contributed by atoms with Crippen molar-refractivity contribution in [2.75, 3.05) is 0 Å². The molecule has 3 rings (SSSR count). The van der Waals surface area contributed by atoms with Gasteiger partial charge in [-0.2, -0.15) is 0 Å². The van der Waals surface area contributed by atoms with Crippen LogP contribution in [0.2, 0.25) is 0 Å². The van der Waals surface area contributed by atoms with Crippen LogP contribution in [0.15, 0.2) is 41.4 Å². The molecule has 0 fully saturated rings. The van der Waals surface area contributed by atoms with Crippen LogP contribution in [0, 0.1) is 0 Å². The van der Waals surface area contributed by atoms with Gasteiger partial charge in [0.25, 0.3) is 0 Å². The Morgan fingerprint density at radius 3 is 2.90 bits per heavy atom. The molecule has 1 aliphatic carbocycles. The fraction of sp³-hybridized carbons (Fsp3) is 0.333. The molecule has 0 spiro atoms. The first-order valence-corrected chi connectivity index (χ1v) is 7.10. The summed E-state index contributed by atoms with van der Waals surface area (Å²) in [6.45, 7) is 8.32. The van der Waals surface area contributed by atoms with E-state index in [0.29, 0.717) is 0 Å². The third-order valence-corrected chi connectivity index (χ3v) is 4.20. The van der Waals surface area contributed by atoms with Gasteiger partial charge >= 0.3 is 0 Å². The Morgan fingerprint density at radius 2 is 2.10 bits per heavy atom. The summed E-state index contributed by atoms with van der Waals surface area (Å²) in [6.07, 6.45) is 6.61. The molecule has 1 aromatic carbocycles. The molecule has 0 atom stereocenters. The zero-order valence-corrected chi connectivity index (χ0v) is 12.1. The Bertz CT molecular complexity index is 662. The normalized spacial score (nSPS) is 20.6. The molecule has 0 saturated heterocycles. The third kappa shape index (κ3) is 1.96. The van der Waals surface area contributed by atoms with Gasteiger partial charge in [-0.15, -0.1) is 0 Å². The zero-order chi connectivity index (χ0) is 14.3. The topological polar surface area (TPSA) is 29.4 Å². The van der Waals surface area contributed by atoms with Crippen molar-refractivity contribution in [1.82, 2.24) is 0 Å². The van der Waals surface area contributed by atoms with Gasteiger partial charge in [0, 0.05) is 11.8 Å². The van der Waals surface area contributed by atoms with E-state index >= 15 is 0 Å². The lowest BCUT2D eigenvalue weighted by Gasteiger charge is -2.31. The van der Waals surface area contributed by atoms with Crippen LogP contribution in [0.5, 0.6) is 0 Å². The second-order valence-corrected chi connectivity index (χ2v) is 6.19. The summed E-state index contributed by atoms with van der Waals surface area (Å²) < 4.78 is 0. The van der Waals surface area contributed by atoms with Gasteiger partial charge in [-0.05, 0) is 47.4 Å². The number of hydrogen-bond acceptors (Lipinski definition) is 2. The maximum atomic E-state index is 12.4. The maximum Gasteiger partial charge on any atom is 0.188 e. The number of allylic oxidation sites excluding steroid dienone is 3. The Labute approximate surface area is 119 Å². The average Bonchev–Trinajstić information content (AvgIpc) is 2.41. The molecule has 0 unspecified atom stereocenters. The SMILES string of the molecule is C=C1CCC=C(c2cccc3c2C(C)(C)CC=N3)C1=O. The summed E-state index contributed by atoms with van der Waals surface area (Å²) in [5, 5.41) is 0. The predicted octanol–water partition coefficient (Wildman–Crippen LogP) is 4.37. The second-order valence-electron chi connectivity index (χ2n) is 6.19. The average molecular weight is 265 g/mol. The lowest BCUT2D eigenvalue weighted by Crippen LogP contribution is -2.23. The Kier molecular flexibility index (Phi) is 2.97. The molecule has 1 aromatic rings. The van der Waals surface area contributed by atoms with Crippen molar-refractivity contribution < 1.29 is 4.79 Å². The number of nitrogens with zero attached hydrogens (tertiary/aromatic N) is 1. The summed E-state index contributed by atoms with van der Waals surface area (Å²) in [5.74, 6) is 0.0926. The van der Waals surface area contributed by atoms with Crippen molar-refractivity contribution in [1.29, 1.82) is 0 Å². The number of carbonyl (C=O) groups is 1. The van der Waals surface area contributed by atoms with Gasteiger partial charge in [0.05, 0.1) is 5.69 Å². The van der Waals surface area contributed by atoms with Gasteiger partial charge in [-0.1, -0.05) is 38.6 Å². The third-order valence-electron chi connectivity index (χ3n) is 4.20. The summed E-state index contributed by atoms with van der Waals surface area (Å²) in [7, 11) is 0. The predicted molar refractivity (Wildman–Crippen MR) is 83.6 cm³/mol. The van der Waals surface area contributed by atoms with E-state index in [1.807, 2.05) is 24.4 Å². The van der Waals surface area contributed by atoms with E-state index in [9.17, 15) is 4.79 Å². The molecule has 0 aromatic heterocycles. The van der Waals surface area contributed by atoms with Crippen LogP contribution in [0.4, 0.5) is 5.69 Å². The highest BCUT2D eigenvalue weighted by Crippen LogP contribution is 2.43. The Balaban J connectivity index is 2.22. The zero-order valence-electron chi connectivity index (χ0n) is 12.1. The highest BCUT2D eigenvalue weighted by atomic mass is 16.1. The molecule has 20 heavy (non-hydrogen) atoms. The number of ketones is 1. The van der Waals surface area contributed by atoms with Crippen LogP contribution >= 0.6 is 0 Å². The van der Waals surface area contributed by atoms with Crippen LogP contribution in [-0.2, 0) is 10.2 Å². The lowest BCUT2D eigenvalue weighted by molar-refractivity contribution is -0.110. The quantitative estimate of drug-likeness (QED) is 0.693. The summed E-state index contributed by atoms with van der Waals surface area (Å²) in [6, 6.07) is 6.06. The Morgan fingerprint density at radius 1 is 1.30 bits per heavy atom. The van der Waals surface area contributed by atoms with Crippen molar-refractivity contribution in [3.8, 4) is 0 Å². The highest BCUT2D eigenvalue weighted by molar-refractivity contribution is 6.29. The maximum absolute atomic E-state index is 12.4. The van der Waals surface area contributed by atoms with Crippen LogP contribution < -0.4 is 0 Å². The number of rotatable bonds is 1. The molecule has 2 aliphatic rings. The van der Waals surface area contributed by atoms with Gasteiger partial charge in [-0.25, -0.2) is 0 Å². The fourth-order valence-corrected chi connectivity index (χ4v) is 3.08. The van der Waals surface area contributed by atoms with Crippen molar-refractivity contribution >= 4 is 23.3 Å². The van der Waals surface area contributed by atoms with Crippen molar-refractivity contribution in [3.63, 3.8) is 0 Å². The smallest absolute Gasteiger partial charge is 0.188 e. The highest BCUT2D eigenvalue weighted by Gasteiger charge is 2.31. The number of Topliss-reactive ketones (excluding diaryl/α,β-unsaturated/α-hetero) is 1. The fourth-order valence-electron chi connectivity index (χ4n) is 3.08. The molecule has 2 nitrogen and oxygen atoms in total. The largest absolute Gasteiger partial charge is 0.289 e. The van der Waals surface area contributed by atoms with Gasteiger partial charge in [0.1, 0.15) is 0 Å². The van der Waals surface area contributed by atoms with Gasteiger partial charge in [0.15, 0.2) is 5.78 Å². The van der Waals surface area contributed by atoms with Crippen molar-refractivity contribution in [2.45, 2.75) is 38.5 Å². The van der Waals surface area contributed by atoms with E-state index in [4.69, 9.17) is 0 Å². The molecule has 0 radical (unpaired) electrons. The molecule has 0 N–H and O–H groups in total. The number of benzene rings is 1. The molecular weight excluding hydrogens is 246 g/mol. The molecule has 102 valence electrons. The lowest BCUT2D eigenvalue weighted by atomic mass is 9.74. The van der Waals surface area contributed by atoms with E-state index in [-0.39, 0.29) is 11.2 Å². The van der Waals surface area contributed by atoms with Crippen molar-refractivity contribution in [2.24, 2.45) is 4.99 Å². The molecule has 2 heteroatoms. The van der Waals surface area contributed by atoms with E-state index in [1.165, 1.54) is 5.56 Å². The van der Waals surface area contributed by atoms with Crippen LogP contribution in [0.3, 0.4) is 0 Å². The van der Waals surface area contributed by atoms with E-state index in [0.717, 1.165) is 41.7 Å². The van der Waals surface area contributed by atoms with E-state index in [1.54, 1.807) is 0 Å². The molecule has 1 aliphatic heterocycles. The summed E-state index contributed by atoms with van der Waals surface area (Å²) in [5.41, 5.74) is 4.75. The second kappa shape index (κ2) is 4.55. The summed E-state index contributed by atoms with van der Waals surface area (Å²) >= 11 is 0. The number of hydrogen-bond donors (Lipinski definition) is 0. The van der Waals surface area contributed by atoms with E-state index in [2.05, 4.69) is 31.5 Å². The monoisotopic (exact) mass is 265 g/mol. The van der Waals surface area contributed by atoms with Gasteiger partial charge in [-0.3, -0.25) is 9.79 Å². The Hall–Kier alpha value is -1.96. The molecule has 1 heterocycles. The van der Waals surface area contributed by atoms with E-state index < -0.39 is 0 Å². The minimum absolute atomic E-state index is 0.00752. The number of carbonyl (C=O) groups excluding carboxylic acids is 1. The van der Waals surface area contributed by atoms with Crippen molar-refractivity contribution in [3.05, 3.63) is 47.6 Å². The number of aliphatic imine (C=N–C) groups is 1. The minimum Gasteiger partial charge on any atom is -0.289 e. The first kappa shape index (κ1) is 13.0. The summed E-state index contributed by atoms with van der Waals surface area (Å²) in [4.78, 5) is 16.9. The number of fused-ring (bicyclic) bond motifs is 1. The molecule has 0 amide bonds. The molecule has 0 bridgehead atoms. The van der Waals surface area contributed by atoms with Crippen LogP contribution in [0.1, 0.15) is 44.2 Å². The van der Waals surface area contributed by atoms with Crippen LogP contribution in [-0.4, -0.2) is 12.0 Å². The van der Waals surface area contributed by atoms with Gasteiger partial charge < -0.3 is 0 Å².